The van der Waals surface area contributed by atoms with E-state index < -0.39 is 39.1 Å². The lowest BCUT2D eigenvalue weighted by Crippen LogP contribution is -2.50. The summed E-state index contributed by atoms with van der Waals surface area (Å²) < 4.78 is 38.7. The van der Waals surface area contributed by atoms with E-state index >= 15 is 0 Å². The van der Waals surface area contributed by atoms with Crippen molar-refractivity contribution in [2.75, 3.05) is 6.54 Å². The summed E-state index contributed by atoms with van der Waals surface area (Å²) in [4.78, 5) is 23.5. The molecular formula is C19H19NO7S. The van der Waals surface area contributed by atoms with Crippen molar-refractivity contribution in [3.05, 3.63) is 71.8 Å². The minimum Gasteiger partial charge on any atom is -0.481 e. The Hall–Kier alpha value is -2.59. The SMILES string of the molecule is O=CC1(c2ccccc2)NCC(C(CC(=O)O)(c2ccccc2)S(=O)(=O)O)O1. The van der Waals surface area contributed by atoms with Crippen molar-refractivity contribution in [1.29, 1.82) is 0 Å². The zero-order valence-electron chi connectivity index (χ0n) is 14.7. The van der Waals surface area contributed by atoms with Crippen molar-refractivity contribution in [2.45, 2.75) is 23.0 Å². The standard InChI is InChI=1S/C19H19NO7S/c21-13-19(15-9-5-2-6-10-15)20-12-16(27-19)18(11-17(22)23,28(24,25)26)14-7-3-1-4-8-14/h1-10,13,16,20H,11-12H2,(H,22,23)(H,24,25,26). The maximum Gasteiger partial charge on any atom is 0.305 e. The van der Waals surface area contributed by atoms with Crippen LogP contribution in [0.3, 0.4) is 0 Å². The summed E-state index contributed by atoms with van der Waals surface area (Å²) in [6.45, 7) is -0.171. The Morgan fingerprint density at radius 2 is 1.75 bits per heavy atom. The van der Waals surface area contributed by atoms with Crippen molar-refractivity contribution in [2.24, 2.45) is 0 Å². The van der Waals surface area contributed by atoms with E-state index in [1.807, 2.05) is 0 Å². The number of ether oxygens (including phenoxy) is 1. The van der Waals surface area contributed by atoms with Crippen LogP contribution >= 0.6 is 0 Å². The Labute approximate surface area is 161 Å². The van der Waals surface area contributed by atoms with E-state index in [1.54, 1.807) is 36.4 Å². The summed E-state index contributed by atoms with van der Waals surface area (Å²) in [5.74, 6) is -1.44. The molecule has 0 radical (unpaired) electrons. The number of carboxylic acids is 1. The molecule has 1 aliphatic heterocycles. The number of hydrogen-bond donors (Lipinski definition) is 3. The molecule has 1 saturated heterocycles. The van der Waals surface area contributed by atoms with Crippen molar-refractivity contribution in [1.82, 2.24) is 5.32 Å². The molecule has 0 aliphatic carbocycles. The Morgan fingerprint density at radius 1 is 1.18 bits per heavy atom. The smallest absolute Gasteiger partial charge is 0.305 e. The molecule has 2 aromatic rings. The fourth-order valence-corrected chi connectivity index (χ4v) is 4.76. The van der Waals surface area contributed by atoms with Crippen LogP contribution in [0.5, 0.6) is 0 Å². The first-order valence-corrected chi connectivity index (χ1v) is 9.88. The molecule has 0 bridgehead atoms. The van der Waals surface area contributed by atoms with Crippen LogP contribution in [-0.4, -0.2) is 43.0 Å². The van der Waals surface area contributed by atoms with Crippen LogP contribution in [-0.2, 0) is 34.9 Å². The van der Waals surface area contributed by atoms with Gasteiger partial charge in [-0.05, 0) is 5.56 Å². The molecule has 1 aliphatic rings. The van der Waals surface area contributed by atoms with Gasteiger partial charge in [-0.25, -0.2) is 0 Å². The van der Waals surface area contributed by atoms with Crippen molar-refractivity contribution in [3.63, 3.8) is 0 Å². The molecule has 3 rings (SSSR count). The molecule has 1 fully saturated rings. The summed E-state index contributed by atoms with van der Waals surface area (Å²) in [5.41, 5.74) is -1.17. The maximum atomic E-state index is 12.5. The molecule has 3 unspecified atom stereocenters. The Balaban J connectivity index is 2.15. The van der Waals surface area contributed by atoms with E-state index in [9.17, 15) is 27.7 Å². The Kier molecular flexibility index (Phi) is 5.35. The number of hydrogen-bond acceptors (Lipinski definition) is 6. The summed E-state index contributed by atoms with van der Waals surface area (Å²) >= 11 is 0. The van der Waals surface area contributed by atoms with Crippen LogP contribution < -0.4 is 5.32 Å². The van der Waals surface area contributed by atoms with Crippen molar-refractivity contribution >= 4 is 22.4 Å². The molecule has 3 atom stereocenters. The third kappa shape index (κ3) is 3.33. The van der Waals surface area contributed by atoms with Gasteiger partial charge in [0.1, 0.15) is 0 Å². The zero-order chi connectivity index (χ0) is 20.4. The minimum atomic E-state index is -4.96. The highest BCUT2D eigenvalue weighted by molar-refractivity contribution is 7.86. The van der Waals surface area contributed by atoms with E-state index in [0.717, 1.165) is 0 Å². The summed E-state index contributed by atoms with van der Waals surface area (Å²) in [7, 11) is -4.96. The van der Waals surface area contributed by atoms with Crippen LogP contribution in [0.25, 0.3) is 0 Å². The number of benzene rings is 2. The predicted molar refractivity (Wildman–Crippen MR) is 99.0 cm³/mol. The monoisotopic (exact) mass is 405 g/mol. The number of carbonyl (C=O) groups is 2. The van der Waals surface area contributed by atoms with E-state index in [2.05, 4.69) is 5.32 Å². The lowest BCUT2D eigenvalue weighted by molar-refractivity contribution is -0.142. The number of rotatable bonds is 7. The highest BCUT2D eigenvalue weighted by atomic mass is 32.2. The quantitative estimate of drug-likeness (QED) is 0.464. The number of aliphatic carboxylic acids is 1. The lowest BCUT2D eigenvalue weighted by atomic mass is 9.89. The predicted octanol–water partition coefficient (Wildman–Crippen LogP) is 1.28. The molecule has 3 N–H and O–H groups in total. The first-order chi connectivity index (χ1) is 13.2. The average molecular weight is 405 g/mol. The van der Waals surface area contributed by atoms with Gasteiger partial charge in [-0.15, -0.1) is 0 Å². The van der Waals surface area contributed by atoms with Gasteiger partial charge in [-0.3, -0.25) is 19.5 Å². The number of carboxylic acid groups (broad SMARTS) is 1. The van der Waals surface area contributed by atoms with Crippen LogP contribution in [0.1, 0.15) is 17.5 Å². The van der Waals surface area contributed by atoms with Gasteiger partial charge < -0.3 is 9.84 Å². The second-order valence-electron chi connectivity index (χ2n) is 6.51. The molecule has 0 spiro atoms. The second-order valence-corrected chi connectivity index (χ2v) is 8.19. The van der Waals surface area contributed by atoms with Gasteiger partial charge in [0.05, 0.1) is 12.5 Å². The van der Waals surface area contributed by atoms with Gasteiger partial charge in [0.2, 0.25) is 5.72 Å². The molecular weight excluding hydrogens is 386 g/mol. The number of carbonyl (C=O) groups excluding carboxylic acids is 1. The van der Waals surface area contributed by atoms with Gasteiger partial charge >= 0.3 is 5.97 Å². The van der Waals surface area contributed by atoms with E-state index in [1.165, 1.54) is 24.3 Å². The zero-order valence-corrected chi connectivity index (χ0v) is 15.5. The fourth-order valence-electron chi connectivity index (χ4n) is 3.56. The second kappa shape index (κ2) is 7.44. The average Bonchev–Trinajstić information content (AvgIpc) is 3.12. The van der Waals surface area contributed by atoms with E-state index in [-0.39, 0.29) is 12.1 Å². The minimum absolute atomic E-state index is 0.0569. The first-order valence-electron chi connectivity index (χ1n) is 8.44. The first kappa shape index (κ1) is 20.2. The highest BCUT2D eigenvalue weighted by Crippen LogP contribution is 2.43. The van der Waals surface area contributed by atoms with Crippen LogP contribution in [0, 0.1) is 0 Å². The third-order valence-corrected chi connectivity index (χ3v) is 6.47. The molecule has 28 heavy (non-hydrogen) atoms. The third-order valence-electron chi connectivity index (χ3n) is 4.90. The number of nitrogens with one attached hydrogen (secondary N) is 1. The van der Waals surface area contributed by atoms with Gasteiger partial charge in [0, 0.05) is 12.1 Å². The fraction of sp³-hybridized carbons (Fsp3) is 0.263. The molecule has 0 amide bonds. The number of aldehydes is 1. The molecule has 0 saturated carbocycles. The van der Waals surface area contributed by atoms with Gasteiger partial charge in [-0.1, -0.05) is 60.7 Å². The lowest BCUT2D eigenvalue weighted by Gasteiger charge is -2.35. The van der Waals surface area contributed by atoms with Gasteiger partial charge in [0.15, 0.2) is 11.0 Å². The molecule has 2 aromatic carbocycles. The maximum absolute atomic E-state index is 12.5. The van der Waals surface area contributed by atoms with Crippen LogP contribution in [0.15, 0.2) is 60.7 Å². The normalized spacial score (nSPS) is 24.4. The summed E-state index contributed by atoms with van der Waals surface area (Å²) in [6, 6.07) is 15.9. The van der Waals surface area contributed by atoms with E-state index in [4.69, 9.17) is 4.74 Å². The molecule has 148 valence electrons. The topological polar surface area (TPSA) is 130 Å². The largest absolute Gasteiger partial charge is 0.481 e. The van der Waals surface area contributed by atoms with Crippen molar-refractivity contribution < 1.29 is 32.4 Å². The van der Waals surface area contributed by atoms with Crippen LogP contribution in [0.4, 0.5) is 0 Å². The Morgan fingerprint density at radius 3 is 2.25 bits per heavy atom. The van der Waals surface area contributed by atoms with Crippen molar-refractivity contribution in [3.8, 4) is 0 Å². The van der Waals surface area contributed by atoms with Crippen LogP contribution in [0.2, 0.25) is 0 Å². The Bertz CT molecular complexity index is 964. The molecule has 1 heterocycles. The highest BCUT2D eigenvalue weighted by Gasteiger charge is 2.59. The summed E-state index contributed by atoms with van der Waals surface area (Å²) in [6.07, 6.45) is -1.79. The van der Waals surface area contributed by atoms with Gasteiger partial charge in [0.25, 0.3) is 10.1 Å². The van der Waals surface area contributed by atoms with E-state index in [0.29, 0.717) is 11.8 Å². The van der Waals surface area contributed by atoms with Gasteiger partial charge in [-0.2, -0.15) is 8.42 Å². The molecule has 9 heteroatoms. The molecule has 0 aromatic heterocycles. The molecule has 8 nitrogen and oxygen atoms in total. The summed E-state index contributed by atoms with van der Waals surface area (Å²) in [5, 5.41) is 12.3.